The molecule has 3 aromatic rings. The highest BCUT2D eigenvalue weighted by Gasteiger charge is 2.25. The van der Waals surface area contributed by atoms with Crippen molar-refractivity contribution in [2.45, 2.75) is 57.7 Å². The number of likely N-dealkylation sites (N-methyl/N-ethyl adjacent to an activating group) is 1. The van der Waals surface area contributed by atoms with Gasteiger partial charge in [0.25, 0.3) is 5.56 Å². The molecular formula is C25H30N4O3S2. The van der Waals surface area contributed by atoms with Crippen LogP contribution in [0.15, 0.2) is 34.2 Å². The maximum Gasteiger partial charge on any atom is 0.267 e. The molecule has 34 heavy (non-hydrogen) atoms. The lowest BCUT2D eigenvalue weighted by Gasteiger charge is -2.23. The summed E-state index contributed by atoms with van der Waals surface area (Å²) in [7, 11) is 1.61. The first-order chi connectivity index (χ1) is 16.0. The van der Waals surface area contributed by atoms with Gasteiger partial charge in [-0.2, -0.15) is 0 Å². The average Bonchev–Trinajstić information content (AvgIpc) is 3.32. The molecule has 0 saturated carbocycles. The zero-order valence-corrected chi connectivity index (χ0v) is 21.9. The van der Waals surface area contributed by atoms with E-state index in [4.69, 9.17) is 4.98 Å². The van der Waals surface area contributed by atoms with Crippen LogP contribution < -0.4 is 10.9 Å². The van der Waals surface area contributed by atoms with Gasteiger partial charge in [0.05, 0.1) is 23.4 Å². The number of carbonyl (C=O) groups is 2. The number of hydrogen-bond acceptors (Lipinski definition) is 6. The van der Waals surface area contributed by atoms with Crippen LogP contribution in [0.3, 0.4) is 0 Å². The summed E-state index contributed by atoms with van der Waals surface area (Å²) in [5, 5.41) is 4.06. The highest BCUT2D eigenvalue weighted by molar-refractivity contribution is 7.99. The fourth-order valence-corrected chi connectivity index (χ4v) is 6.30. The third-order valence-corrected chi connectivity index (χ3v) is 7.76. The van der Waals surface area contributed by atoms with Crippen LogP contribution in [0.25, 0.3) is 15.9 Å². The molecule has 1 aromatic carbocycles. The van der Waals surface area contributed by atoms with Gasteiger partial charge in [-0.25, -0.2) is 4.98 Å². The summed E-state index contributed by atoms with van der Waals surface area (Å²) < 4.78 is 1.62. The number of amides is 2. The van der Waals surface area contributed by atoms with Crippen molar-refractivity contribution >= 4 is 45.1 Å². The minimum Gasteiger partial charge on any atom is -0.350 e. The molecule has 0 spiro atoms. The number of carbonyl (C=O) groups excluding carboxylic acids is 2. The van der Waals surface area contributed by atoms with E-state index in [9.17, 15) is 14.4 Å². The van der Waals surface area contributed by atoms with Crippen molar-refractivity contribution in [1.82, 2.24) is 19.8 Å². The Hall–Kier alpha value is -2.65. The second kappa shape index (κ2) is 9.54. The molecule has 9 heteroatoms. The van der Waals surface area contributed by atoms with Crippen molar-refractivity contribution < 1.29 is 9.59 Å². The molecule has 0 fully saturated rings. The van der Waals surface area contributed by atoms with Crippen LogP contribution in [-0.2, 0) is 22.4 Å². The average molecular weight is 499 g/mol. The number of thioether (sulfide) groups is 1. The monoisotopic (exact) mass is 498 g/mol. The third kappa shape index (κ3) is 5.20. The molecule has 0 unspecified atom stereocenters. The topological polar surface area (TPSA) is 84.3 Å². The van der Waals surface area contributed by atoms with Gasteiger partial charge in [0.2, 0.25) is 11.8 Å². The van der Waals surface area contributed by atoms with Crippen LogP contribution in [0.4, 0.5) is 0 Å². The van der Waals surface area contributed by atoms with Crippen molar-refractivity contribution in [1.29, 1.82) is 0 Å². The second-order valence-corrected chi connectivity index (χ2v) is 11.8. The van der Waals surface area contributed by atoms with Crippen LogP contribution in [0.5, 0.6) is 0 Å². The summed E-state index contributed by atoms with van der Waals surface area (Å²) in [6, 6.07) is 7.74. The van der Waals surface area contributed by atoms with E-state index < -0.39 is 0 Å². The molecule has 4 rings (SSSR count). The lowest BCUT2D eigenvalue weighted by atomic mass is 10.1. The first-order valence-electron chi connectivity index (χ1n) is 11.4. The van der Waals surface area contributed by atoms with Gasteiger partial charge in [-0.15, -0.1) is 11.3 Å². The predicted molar refractivity (Wildman–Crippen MR) is 138 cm³/mol. The predicted octanol–water partition coefficient (Wildman–Crippen LogP) is 3.71. The maximum atomic E-state index is 13.7. The summed E-state index contributed by atoms with van der Waals surface area (Å²) in [5.74, 6) is -0.334. The second-order valence-electron chi connectivity index (χ2n) is 9.74. The first kappa shape index (κ1) is 24.5. The minimum absolute atomic E-state index is 0.0223. The summed E-state index contributed by atoms with van der Waals surface area (Å²) in [6.07, 6.45) is 2.97. The molecule has 1 N–H and O–H groups in total. The van der Waals surface area contributed by atoms with Crippen LogP contribution in [0.1, 0.15) is 43.2 Å². The molecule has 2 amide bonds. The molecule has 180 valence electrons. The van der Waals surface area contributed by atoms with Gasteiger partial charge in [-0.05, 0) is 64.7 Å². The zero-order valence-electron chi connectivity index (χ0n) is 20.2. The number of fused-ring (bicyclic) bond motifs is 3. The van der Waals surface area contributed by atoms with Crippen molar-refractivity contribution in [2.24, 2.45) is 0 Å². The fourth-order valence-electron chi connectivity index (χ4n) is 4.04. The molecule has 0 bridgehead atoms. The van der Waals surface area contributed by atoms with Gasteiger partial charge in [-0.1, -0.05) is 29.5 Å². The fraction of sp³-hybridized carbons (Fsp3) is 0.440. The van der Waals surface area contributed by atoms with Crippen LogP contribution in [-0.4, -0.2) is 51.1 Å². The summed E-state index contributed by atoms with van der Waals surface area (Å²) in [4.78, 5) is 46.9. The molecular weight excluding hydrogens is 468 g/mol. The van der Waals surface area contributed by atoms with Crippen LogP contribution in [0.2, 0.25) is 0 Å². The van der Waals surface area contributed by atoms with Crippen molar-refractivity contribution in [3.05, 3.63) is 50.6 Å². The first-order valence-corrected chi connectivity index (χ1v) is 13.2. The Morgan fingerprint density at radius 2 is 1.91 bits per heavy atom. The number of nitrogens with one attached hydrogen (secondary N) is 1. The Kier molecular flexibility index (Phi) is 6.87. The van der Waals surface area contributed by atoms with Gasteiger partial charge in [0.1, 0.15) is 4.83 Å². The molecule has 2 aromatic heterocycles. The molecule has 0 radical (unpaired) electrons. The molecule has 7 nitrogen and oxygen atoms in total. The largest absolute Gasteiger partial charge is 0.350 e. The Morgan fingerprint density at radius 1 is 1.21 bits per heavy atom. The van der Waals surface area contributed by atoms with Gasteiger partial charge >= 0.3 is 0 Å². The maximum absolute atomic E-state index is 13.7. The highest BCUT2D eigenvalue weighted by atomic mass is 32.2. The number of thiophene rings is 1. The Labute approximate surface area is 207 Å². The van der Waals surface area contributed by atoms with Crippen molar-refractivity contribution in [3.8, 4) is 5.69 Å². The van der Waals surface area contributed by atoms with Gasteiger partial charge in [0.15, 0.2) is 5.16 Å². The highest BCUT2D eigenvalue weighted by Crippen LogP contribution is 2.36. The Balaban J connectivity index is 1.62. The van der Waals surface area contributed by atoms with E-state index in [0.717, 1.165) is 40.9 Å². The molecule has 1 aliphatic carbocycles. The summed E-state index contributed by atoms with van der Waals surface area (Å²) >= 11 is 2.82. The minimum atomic E-state index is -0.361. The summed E-state index contributed by atoms with van der Waals surface area (Å²) in [6.45, 7) is 7.67. The quantitative estimate of drug-likeness (QED) is 0.414. The SMILES string of the molecule is Cc1ccc(-n2c(SCC(=O)N(C)CC(=O)NC(C)(C)C)nc3sc4c(c3c2=O)CCC4)cc1. The number of nitrogens with zero attached hydrogens (tertiary/aromatic N) is 3. The molecule has 0 atom stereocenters. The van der Waals surface area contributed by atoms with E-state index in [1.54, 1.807) is 23.0 Å². The standard InChI is InChI=1S/C25H30N4O3S2/c1-15-9-11-16(12-10-15)29-23(32)21-17-7-6-8-18(17)34-22(21)26-24(29)33-14-20(31)28(5)13-19(30)27-25(2,3)4/h9-12H,6-8,13-14H2,1-5H3,(H,27,30). The number of aromatic nitrogens is 2. The Bertz CT molecular complexity index is 1300. The lowest BCUT2D eigenvalue weighted by molar-refractivity contribution is -0.133. The molecule has 1 aliphatic rings. The molecule has 0 aliphatic heterocycles. The lowest BCUT2D eigenvalue weighted by Crippen LogP contribution is -2.46. The van der Waals surface area contributed by atoms with Crippen molar-refractivity contribution in [3.63, 3.8) is 0 Å². The number of hydrogen-bond donors (Lipinski definition) is 1. The van der Waals surface area contributed by atoms with Crippen LogP contribution >= 0.6 is 23.1 Å². The van der Waals surface area contributed by atoms with E-state index in [-0.39, 0.29) is 35.2 Å². The van der Waals surface area contributed by atoms with Crippen LogP contribution in [0, 0.1) is 6.92 Å². The number of benzene rings is 1. The number of rotatable bonds is 6. The molecule has 0 saturated heterocycles. The van der Waals surface area contributed by atoms with E-state index in [2.05, 4.69) is 5.32 Å². The van der Waals surface area contributed by atoms with E-state index in [1.165, 1.54) is 21.5 Å². The summed E-state index contributed by atoms with van der Waals surface area (Å²) in [5.41, 5.74) is 2.52. The van der Waals surface area contributed by atoms with Gasteiger partial charge < -0.3 is 10.2 Å². The van der Waals surface area contributed by atoms with Crippen molar-refractivity contribution in [2.75, 3.05) is 19.3 Å². The van der Waals surface area contributed by atoms with Gasteiger partial charge in [0, 0.05) is 17.5 Å². The van der Waals surface area contributed by atoms with E-state index >= 15 is 0 Å². The zero-order chi connectivity index (χ0) is 24.6. The smallest absolute Gasteiger partial charge is 0.267 e. The normalized spacial score (nSPS) is 13.2. The van der Waals surface area contributed by atoms with E-state index in [0.29, 0.717) is 10.5 Å². The Morgan fingerprint density at radius 3 is 2.59 bits per heavy atom. The molecule has 2 heterocycles. The number of aryl methyl sites for hydroxylation is 3. The van der Waals surface area contributed by atoms with E-state index in [1.807, 2.05) is 52.0 Å². The van der Waals surface area contributed by atoms with Gasteiger partial charge in [-0.3, -0.25) is 19.0 Å². The third-order valence-electron chi connectivity index (χ3n) is 5.65.